The number of rotatable bonds is 5. The minimum Gasteiger partial charge on any atom is -0.335 e. The van der Waals surface area contributed by atoms with E-state index in [-0.39, 0.29) is 23.1 Å². The van der Waals surface area contributed by atoms with Gasteiger partial charge in [0.1, 0.15) is 0 Å². The standard InChI is InChI=1S/C58H52BN3/c1-56(2,3)43-36-52-54-53(37-43)62-55-48(57(4)32-14-15-33-58(57,62)5)26-17-27-49(55)59(54)50-38-47(30-31-51(50)61(52)45-23-10-7-11-24-45)60(44-21-8-6-9-22-44)46-25-16-20-41(35-46)42-29-28-39-18-12-13-19-40(39)34-42/h6-13,16-31,34-38H,14-15,32-33H2,1-5H3. The van der Waals surface area contributed by atoms with Gasteiger partial charge < -0.3 is 14.7 Å². The van der Waals surface area contributed by atoms with Gasteiger partial charge >= 0.3 is 0 Å². The molecule has 1 saturated carbocycles. The Labute approximate surface area is 367 Å². The molecule has 8 aromatic rings. The molecule has 302 valence electrons. The zero-order chi connectivity index (χ0) is 42.0. The van der Waals surface area contributed by atoms with E-state index in [0.717, 1.165) is 17.1 Å². The Kier molecular flexibility index (Phi) is 8.11. The van der Waals surface area contributed by atoms with Gasteiger partial charge in [0, 0.05) is 50.9 Å². The van der Waals surface area contributed by atoms with Gasteiger partial charge in [0.25, 0.3) is 6.71 Å². The number of benzene rings is 8. The van der Waals surface area contributed by atoms with Crippen LogP contribution in [0.25, 0.3) is 21.9 Å². The van der Waals surface area contributed by atoms with Gasteiger partial charge in [-0.15, -0.1) is 0 Å². The molecule has 0 aromatic heterocycles. The van der Waals surface area contributed by atoms with Crippen molar-refractivity contribution in [3.8, 4) is 11.1 Å². The number of anilines is 8. The minimum atomic E-state index is -0.0403. The number of para-hydroxylation sites is 3. The van der Waals surface area contributed by atoms with Crippen LogP contribution < -0.4 is 31.1 Å². The summed E-state index contributed by atoms with van der Waals surface area (Å²) in [6, 6.07) is 66.2. The van der Waals surface area contributed by atoms with Gasteiger partial charge in [0.15, 0.2) is 0 Å². The minimum absolute atomic E-state index is 0.0290. The molecule has 4 heteroatoms. The number of fused-ring (bicyclic) bond motifs is 8. The van der Waals surface area contributed by atoms with E-state index in [1.807, 2.05) is 0 Å². The molecule has 3 aliphatic heterocycles. The normalized spacial score (nSPS) is 19.5. The molecular weight excluding hydrogens is 749 g/mol. The fraction of sp³-hybridized carbons (Fsp3) is 0.207. The largest absolute Gasteiger partial charge is 0.335 e. The summed E-state index contributed by atoms with van der Waals surface area (Å²) in [7, 11) is 0. The third-order valence-electron chi connectivity index (χ3n) is 15.3. The maximum atomic E-state index is 2.86. The molecule has 3 nitrogen and oxygen atoms in total. The Morgan fingerprint density at radius 2 is 1.21 bits per heavy atom. The van der Waals surface area contributed by atoms with Crippen LogP contribution >= 0.6 is 0 Å². The van der Waals surface area contributed by atoms with Crippen LogP contribution in [0.4, 0.5) is 45.5 Å². The predicted octanol–water partition coefficient (Wildman–Crippen LogP) is 13.6. The van der Waals surface area contributed by atoms with Crippen molar-refractivity contribution in [1.82, 2.24) is 0 Å². The van der Waals surface area contributed by atoms with Crippen LogP contribution in [0.1, 0.15) is 71.4 Å². The van der Waals surface area contributed by atoms with Gasteiger partial charge in [-0.05, 0) is 147 Å². The van der Waals surface area contributed by atoms with Crippen LogP contribution in [0.5, 0.6) is 0 Å². The van der Waals surface area contributed by atoms with Crippen molar-refractivity contribution in [3.05, 3.63) is 187 Å². The van der Waals surface area contributed by atoms with Gasteiger partial charge in [-0.3, -0.25) is 0 Å². The van der Waals surface area contributed by atoms with E-state index < -0.39 is 0 Å². The lowest BCUT2D eigenvalue weighted by molar-refractivity contribution is 0.195. The average molecular weight is 802 g/mol. The zero-order valence-corrected chi connectivity index (χ0v) is 36.5. The van der Waals surface area contributed by atoms with Gasteiger partial charge in [0.05, 0.1) is 5.54 Å². The van der Waals surface area contributed by atoms with E-state index in [4.69, 9.17) is 0 Å². The molecule has 0 bridgehead atoms. The molecule has 1 fully saturated rings. The monoisotopic (exact) mass is 801 g/mol. The van der Waals surface area contributed by atoms with Gasteiger partial charge in [0.2, 0.25) is 0 Å². The third-order valence-corrected chi connectivity index (χ3v) is 15.3. The SMILES string of the molecule is CC(C)(C)c1cc2c3c(c1)N1c4c(cccc4C4(C)CCCCC14C)B3c1cc(N(c3ccccc3)c3cccc(-c4ccc5ccccc5c4)c3)ccc1N2c1ccccc1. The Bertz CT molecular complexity index is 3080. The van der Waals surface area contributed by atoms with Crippen molar-refractivity contribution in [1.29, 1.82) is 0 Å². The van der Waals surface area contributed by atoms with E-state index in [0.29, 0.717) is 0 Å². The first kappa shape index (κ1) is 37.3. The first-order valence-corrected chi connectivity index (χ1v) is 22.7. The van der Waals surface area contributed by atoms with Crippen LogP contribution in [-0.4, -0.2) is 12.3 Å². The molecule has 0 radical (unpaired) electrons. The van der Waals surface area contributed by atoms with Crippen molar-refractivity contribution in [2.45, 2.75) is 76.7 Å². The Hall–Kier alpha value is -6.52. The average Bonchev–Trinajstić information content (AvgIpc) is 3.51. The fourth-order valence-electron chi connectivity index (χ4n) is 11.9. The molecule has 0 spiro atoms. The van der Waals surface area contributed by atoms with Crippen LogP contribution in [0, 0.1) is 0 Å². The molecule has 4 aliphatic rings. The van der Waals surface area contributed by atoms with Crippen molar-refractivity contribution in [2.24, 2.45) is 0 Å². The molecule has 0 saturated heterocycles. The van der Waals surface area contributed by atoms with E-state index in [9.17, 15) is 0 Å². The van der Waals surface area contributed by atoms with Crippen molar-refractivity contribution in [2.75, 3.05) is 14.7 Å². The second kappa shape index (κ2) is 13.5. The first-order valence-electron chi connectivity index (χ1n) is 22.7. The number of hydrogen-bond donors (Lipinski definition) is 0. The second-order valence-electron chi connectivity index (χ2n) is 19.7. The Morgan fingerprint density at radius 3 is 2.02 bits per heavy atom. The molecule has 0 amide bonds. The van der Waals surface area contributed by atoms with Gasteiger partial charge in [-0.2, -0.15) is 0 Å². The Balaban J connectivity index is 1.12. The van der Waals surface area contributed by atoms with E-state index in [1.54, 1.807) is 0 Å². The molecular formula is C58H52BN3. The summed E-state index contributed by atoms with van der Waals surface area (Å²) in [6.07, 6.45) is 4.93. The van der Waals surface area contributed by atoms with Crippen molar-refractivity contribution >= 4 is 79.4 Å². The highest BCUT2D eigenvalue weighted by Crippen LogP contribution is 2.62. The quantitative estimate of drug-likeness (QED) is 0.161. The summed E-state index contributed by atoms with van der Waals surface area (Å²) in [5, 5.41) is 2.51. The molecule has 12 rings (SSSR count). The topological polar surface area (TPSA) is 9.72 Å². The lowest BCUT2D eigenvalue weighted by Gasteiger charge is -2.53. The fourth-order valence-corrected chi connectivity index (χ4v) is 11.9. The highest BCUT2D eigenvalue weighted by atomic mass is 15.3. The number of nitrogens with zero attached hydrogens (tertiary/aromatic N) is 3. The molecule has 2 atom stereocenters. The smallest absolute Gasteiger partial charge is 0.252 e. The van der Waals surface area contributed by atoms with Crippen molar-refractivity contribution in [3.63, 3.8) is 0 Å². The van der Waals surface area contributed by atoms with Crippen LogP contribution in [-0.2, 0) is 10.8 Å². The molecule has 1 aliphatic carbocycles. The van der Waals surface area contributed by atoms with Gasteiger partial charge in [-0.1, -0.05) is 144 Å². The molecule has 0 N–H and O–H groups in total. The summed E-state index contributed by atoms with van der Waals surface area (Å²) in [4.78, 5) is 7.89. The molecule has 62 heavy (non-hydrogen) atoms. The van der Waals surface area contributed by atoms with E-state index >= 15 is 0 Å². The van der Waals surface area contributed by atoms with E-state index in [1.165, 1.54) is 104 Å². The Morgan fingerprint density at radius 1 is 0.532 bits per heavy atom. The highest BCUT2D eigenvalue weighted by molar-refractivity contribution is 7.00. The lowest BCUT2D eigenvalue weighted by atomic mass is 9.33. The first-order chi connectivity index (χ1) is 30.1. The zero-order valence-electron chi connectivity index (χ0n) is 36.5. The highest BCUT2D eigenvalue weighted by Gasteiger charge is 2.61. The van der Waals surface area contributed by atoms with E-state index in [2.05, 4.69) is 225 Å². The third kappa shape index (κ3) is 5.32. The summed E-state index contributed by atoms with van der Waals surface area (Å²) >= 11 is 0. The molecule has 2 unspecified atom stereocenters. The molecule has 8 aromatic carbocycles. The number of hydrogen-bond acceptors (Lipinski definition) is 3. The lowest BCUT2D eigenvalue weighted by Crippen LogP contribution is -2.64. The summed E-state index contributed by atoms with van der Waals surface area (Å²) in [5.74, 6) is 0. The maximum absolute atomic E-state index is 2.86. The summed E-state index contributed by atoms with van der Waals surface area (Å²) < 4.78 is 0. The maximum Gasteiger partial charge on any atom is 0.252 e. The predicted molar refractivity (Wildman–Crippen MR) is 265 cm³/mol. The summed E-state index contributed by atoms with van der Waals surface area (Å²) in [5.41, 5.74) is 19.5. The van der Waals surface area contributed by atoms with Crippen molar-refractivity contribution < 1.29 is 0 Å². The second-order valence-corrected chi connectivity index (χ2v) is 19.7. The van der Waals surface area contributed by atoms with Crippen LogP contribution in [0.15, 0.2) is 176 Å². The van der Waals surface area contributed by atoms with Crippen LogP contribution in [0.2, 0.25) is 0 Å². The van der Waals surface area contributed by atoms with Crippen LogP contribution in [0.3, 0.4) is 0 Å². The van der Waals surface area contributed by atoms with Gasteiger partial charge in [-0.25, -0.2) is 0 Å². The molecule has 3 heterocycles. The summed E-state index contributed by atoms with van der Waals surface area (Å²) in [6.45, 7) is 12.3.